The Balaban J connectivity index is 1.13. The van der Waals surface area contributed by atoms with Gasteiger partial charge in [0.25, 0.3) is 11.4 Å². The number of nitrogens with one attached hydrogen (secondary N) is 1. The molecule has 0 saturated heterocycles. The van der Waals surface area contributed by atoms with E-state index in [1.165, 1.54) is 12.1 Å². The maximum atomic E-state index is 13.1. The van der Waals surface area contributed by atoms with E-state index < -0.39 is 88.1 Å². The van der Waals surface area contributed by atoms with Crippen molar-refractivity contribution in [2.24, 2.45) is 0 Å². The lowest BCUT2D eigenvalue weighted by Gasteiger charge is -2.26. The summed E-state index contributed by atoms with van der Waals surface area (Å²) in [6.07, 6.45) is -3.51. The SMILES string of the molecule is COP(=O)(OCc1oc(-n2cnc3c(N)ncnc32)c(O)c1O)OP(=O)(O)OCC(O)C(O)C(O)Cn1c2nc(=O)[nH]c(=O)c-2nc2cc(C)c(C=O)cc21. The number of carbonyl (C=O) groups excluding carboxylic acids is 1. The molecule has 0 radical (unpaired) electrons. The zero-order valence-electron chi connectivity index (χ0n) is 28.1. The van der Waals surface area contributed by atoms with Gasteiger partial charge >= 0.3 is 21.3 Å². The van der Waals surface area contributed by atoms with Gasteiger partial charge in [-0.2, -0.15) is 9.29 Å². The van der Waals surface area contributed by atoms with Gasteiger partial charge in [-0.3, -0.25) is 28.1 Å². The van der Waals surface area contributed by atoms with Gasteiger partial charge in [0.2, 0.25) is 11.5 Å². The molecule has 0 amide bonds. The summed E-state index contributed by atoms with van der Waals surface area (Å²) < 4.78 is 52.2. The van der Waals surface area contributed by atoms with E-state index in [4.69, 9.17) is 14.7 Å². The largest absolute Gasteiger partial charge is 0.502 e. The van der Waals surface area contributed by atoms with Gasteiger partial charge in [0.05, 0.1) is 24.2 Å². The zero-order chi connectivity index (χ0) is 40.0. The number of benzene rings is 1. The highest BCUT2D eigenvalue weighted by atomic mass is 31.3. The minimum atomic E-state index is -5.50. The lowest BCUT2D eigenvalue weighted by molar-refractivity contribution is -0.0793. The van der Waals surface area contributed by atoms with Gasteiger partial charge < -0.3 is 45.1 Å². The van der Waals surface area contributed by atoms with E-state index in [1.54, 1.807) is 6.92 Å². The number of aromatic amines is 1. The summed E-state index contributed by atoms with van der Waals surface area (Å²) in [5.41, 5.74) is 4.55. The summed E-state index contributed by atoms with van der Waals surface area (Å²) in [5.74, 6) is -3.08. The number of nitrogens with zero attached hydrogens (tertiary/aromatic N) is 7. The van der Waals surface area contributed by atoms with E-state index in [0.717, 1.165) is 28.9 Å². The van der Waals surface area contributed by atoms with Gasteiger partial charge in [-0.25, -0.2) is 38.4 Å². The first kappa shape index (κ1) is 39.2. The fraction of sp³-hybridized carbons (Fsp3) is 0.286. The van der Waals surface area contributed by atoms with Gasteiger partial charge in [-0.1, -0.05) is 0 Å². The van der Waals surface area contributed by atoms with Crippen LogP contribution in [0.4, 0.5) is 5.82 Å². The van der Waals surface area contributed by atoms with Crippen LogP contribution in [-0.2, 0) is 40.2 Å². The van der Waals surface area contributed by atoms with Crippen LogP contribution >= 0.6 is 15.6 Å². The third kappa shape index (κ3) is 7.74. The van der Waals surface area contributed by atoms with Crippen molar-refractivity contribution in [3.05, 3.63) is 62.5 Å². The number of aromatic nitrogens is 8. The molecule has 9 N–H and O–H groups in total. The molecule has 27 heteroatoms. The number of rotatable bonds is 15. The summed E-state index contributed by atoms with van der Waals surface area (Å²) in [5, 5.41) is 53.0. The average Bonchev–Trinajstić information content (AvgIpc) is 3.69. The molecule has 292 valence electrons. The number of phosphoric ester groups is 2. The highest BCUT2D eigenvalue weighted by Gasteiger charge is 2.40. The number of fused-ring (bicyclic) bond motifs is 3. The fourth-order valence-corrected chi connectivity index (χ4v) is 7.58. The Morgan fingerprint density at radius 1 is 1.05 bits per heavy atom. The molecule has 0 saturated carbocycles. The third-order valence-corrected chi connectivity index (χ3v) is 11.0. The number of hydrogen-bond acceptors (Lipinski definition) is 21. The number of phosphoric acid groups is 2. The van der Waals surface area contributed by atoms with Crippen molar-refractivity contribution in [3.63, 3.8) is 0 Å². The Hall–Kier alpha value is -5.46. The number of nitrogens with two attached hydrogens (primary N) is 1. The van der Waals surface area contributed by atoms with Crippen LogP contribution in [0.25, 0.3) is 39.6 Å². The number of imidazole rings is 1. The van der Waals surface area contributed by atoms with E-state index in [9.17, 15) is 53.9 Å². The second-order valence-corrected chi connectivity index (χ2v) is 14.9. The molecule has 3 aromatic heterocycles. The molecule has 5 heterocycles. The second-order valence-electron chi connectivity index (χ2n) is 11.5. The standard InChI is InChI=1S/C28H29N9O16P2/c1-11-3-13-14(4-12(11)6-38)36(25-19(33-13)26(44)35-28(45)34-25)5-15(39)20(41)16(40)7-50-54(46,47)53-55(48,49-2)51-8-17-21(42)22(43)27(52-17)37-10-32-18-23(29)30-9-31-24(18)37/h3-4,6,9-10,15-16,20,39-43H,5,7-8H2,1-2H3,(H,46,47)(H2,29,30,31)(H,35,44,45). The van der Waals surface area contributed by atoms with E-state index in [0.29, 0.717) is 11.8 Å². The number of nitrogen functional groups attached to an aromatic ring is 1. The van der Waals surface area contributed by atoms with Crippen molar-refractivity contribution in [2.75, 3.05) is 19.5 Å². The molecule has 4 aromatic rings. The molecule has 2 aliphatic heterocycles. The zero-order valence-corrected chi connectivity index (χ0v) is 29.9. The molecule has 55 heavy (non-hydrogen) atoms. The molecule has 25 nitrogen and oxygen atoms in total. The fourth-order valence-electron chi connectivity index (χ4n) is 5.20. The van der Waals surface area contributed by atoms with Gasteiger partial charge in [-0.15, -0.1) is 0 Å². The Morgan fingerprint density at radius 3 is 2.51 bits per heavy atom. The topological polar surface area (TPSA) is 373 Å². The Morgan fingerprint density at radius 2 is 1.80 bits per heavy atom. The number of aldehydes is 1. The van der Waals surface area contributed by atoms with Crippen LogP contribution in [0.5, 0.6) is 11.5 Å². The molecule has 0 aliphatic carbocycles. The van der Waals surface area contributed by atoms with Gasteiger partial charge in [0, 0.05) is 12.7 Å². The van der Waals surface area contributed by atoms with Gasteiger partial charge in [0.1, 0.15) is 43.9 Å². The quantitative estimate of drug-likeness (QED) is 0.0372. The molecule has 0 bridgehead atoms. The van der Waals surface area contributed by atoms with Crippen LogP contribution in [-0.4, -0.2) is 108 Å². The lowest BCUT2D eigenvalue weighted by Crippen LogP contribution is -2.42. The number of carbonyl (C=O) groups is 1. The van der Waals surface area contributed by atoms with Crippen molar-refractivity contribution in [2.45, 2.75) is 38.4 Å². The van der Waals surface area contributed by atoms with Crippen LogP contribution in [0.3, 0.4) is 0 Å². The molecule has 0 spiro atoms. The number of hydrogen-bond donors (Lipinski definition) is 8. The second kappa shape index (κ2) is 15.0. The molecule has 2 aliphatic rings. The Kier molecular flexibility index (Phi) is 10.7. The van der Waals surface area contributed by atoms with Crippen molar-refractivity contribution in [3.8, 4) is 28.9 Å². The van der Waals surface area contributed by atoms with Crippen LogP contribution in [0, 0.1) is 6.92 Å². The number of aromatic hydroxyl groups is 2. The van der Waals surface area contributed by atoms with Gasteiger partial charge in [0.15, 0.2) is 34.3 Å². The predicted octanol–water partition coefficient (Wildman–Crippen LogP) is -0.392. The summed E-state index contributed by atoms with van der Waals surface area (Å²) in [6.45, 7) is -1.32. The molecule has 1 aromatic carbocycles. The normalized spacial score (nSPS) is 15.9. The Labute approximate surface area is 304 Å². The van der Waals surface area contributed by atoms with E-state index in [2.05, 4.69) is 38.3 Å². The molecular weight excluding hydrogens is 780 g/mol. The number of furan rings is 1. The van der Waals surface area contributed by atoms with Crippen molar-refractivity contribution in [1.82, 2.24) is 39.0 Å². The van der Waals surface area contributed by atoms with E-state index in [1.807, 2.05) is 4.98 Å². The molecule has 0 fully saturated rings. The van der Waals surface area contributed by atoms with Crippen LogP contribution in [0.2, 0.25) is 0 Å². The monoisotopic (exact) mass is 809 g/mol. The maximum absolute atomic E-state index is 13.1. The van der Waals surface area contributed by atoms with Crippen molar-refractivity contribution in [1.29, 1.82) is 0 Å². The smallest absolute Gasteiger partial charge is 0.483 e. The minimum Gasteiger partial charge on any atom is -0.502 e. The third-order valence-electron chi connectivity index (χ3n) is 7.96. The number of aliphatic hydroxyl groups is 3. The molecule has 5 unspecified atom stereocenters. The van der Waals surface area contributed by atoms with Crippen LogP contribution in [0.1, 0.15) is 21.7 Å². The highest BCUT2D eigenvalue weighted by Crippen LogP contribution is 2.63. The Bertz CT molecular complexity index is 2620. The predicted molar refractivity (Wildman–Crippen MR) is 182 cm³/mol. The first-order valence-corrected chi connectivity index (χ1v) is 18.3. The van der Waals surface area contributed by atoms with E-state index in [-0.39, 0.29) is 45.1 Å². The minimum absolute atomic E-state index is 0.00222. The highest BCUT2D eigenvalue weighted by molar-refractivity contribution is 7.61. The summed E-state index contributed by atoms with van der Waals surface area (Å²) in [6, 6.07) is 2.80. The summed E-state index contributed by atoms with van der Waals surface area (Å²) in [4.78, 5) is 68.2. The average molecular weight is 810 g/mol. The number of H-pyrrole nitrogens is 1. The first-order chi connectivity index (χ1) is 26.0. The maximum Gasteiger partial charge on any atom is 0.483 e. The van der Waals surface area contributed by atoms with Crippen LogP contribution < -0.4 is 17.0 Å². The summed E-state index contributed by atoms with van der Waals surface area (Å²) in [7, 11) is -9.81. The van der Waals surface area contributed by atoms with E-state index >= 15 is 0 Å². The first-order valence-electron chi connectivity index (χ1n) is 15.4. The number of aryl methyl sites for hydroxylation is 1. The molecule has 5 atom stereocenters. The molecular formula is C28H29N9O16P2. The van der Waals surface area contributed by atoms with Gasteiger partial charge in [-0.05, 0) is 24.6 Å². The number of anilines is 1. The lowest BCUT2D eigenvalue weighted by atomic mass is 10.1. The number of aliphatic hydroxyl groups excluding tert-OH is 3. The summed E-state index contributed by atoms with van der Waals surface area (Å²) >= 11 is 0. The van der Waals surface area contributed by atoms with Crippen molar-refractivity contribution < 1.29 is 66.6 Å². The van der Waals surface area contributed by atoms with Crippen molar-refractivity contribution >= 4 is 49.9 Å². The molecule has 6 rings (SSSR count). The van der Waals surface area contributed by atoms with Crippen LogP contribution in [0.15, 0.2) is 38.8 Å².